The monoisotopic (exact) mass is 218 g/mol. The molecule has 3 aliphatic heterocycles. The Morgan fingerprint density at radius 3 is 2.94 bits per heavy atom. The van der Waals surface area contributed by atoms with Crippen LogP contribution in [0.15, 0.2) is 22.9 Å². The maximum Gasteiger partial charge on any atom is 0.159 e. The quantitative estimate of drug-likeness (QED) is 0.780. The maximum absolute atomic E-state index is 5.03. The van der Waals surface area contributed by atoms with Gasteiger partial charge in [-0.1, -0.05) is 11.2 Å². The summed E-state index contributed by atoms with van der Waals surface area (Å²) < 4.78 is 5.03. The minimum atomic E-state index is 0.770. The van der Waals surface area contributed by atoms with Crippen molar-refractivity contribution in [2.24, 2.45) is 5.92 Å². The van der Waals surface area contributed by atoms with Crippen LogP contribution in [0.25, 0.3) is 6.08 Å². The van der Waals surface area contributed by atoms with E-state index in [1.54, 1.807) is 6.20 Å². The van der Waals surface area contributed by atoms with Gasteiger partial charge >= 0.3 is 0 Å². The van der Waals surface area contributed by atoms with Gasteiger partial charge in [0, 0.05) is 12.1 Å². The van der Waals surface area contributed by atoms with Gasteiger partial charge in [-0.2, -0.15) is 0 Å². The highest BCUT2D eigenvalue weighted by atomic mass is 16.5. The van der Waals surface area contributed by atoms with E-state index in [1.807, 2.05) is 12.1 Å². The second-order valence-corrected chi connectivity index (χ2v) is 4.92. The summed E-state index contributed by atoms with van der Waals surface area (Å²) in [6, 6.07) is 2.66. The third kappa shape index (κ3) is 2.05. The first-order chi connectivity index (χ1) is 7.92. The van der Waals surface area contributed by atoms with E-state index in [9.17, 15) is 0 Å². The number of rotatable bonds is 3. The first-order valence-electron chi connectivity index (χ1n) is 6.23. The van der Waals surface area contributed by atoms with Gasteiger partial charge < -0.3 is 9.42 Å². The molecule has 0 spiro atoms. The molecular formula is C13H18N2O. The predicted octanol–water partition coefficient (Wildman–Crippen LogP) is 2.56. The lowest BCUT2D eigenvalue weighted by atomic mass is 9.82. The van der Waals surface area contributed by atoms with Gasteiger partial charge in [0.05, 0.1) is 6.20 Å². The molecule has 0 aliphatic carbocycles. The van der Waals surface area contributed by atoms with Crippen LogP contribution in [0.3, 0.4) is 0 Å². The largest absolute Gasteiger partial charge is 0.357 e. The summed E-state index contributed by atoms with van der Waals surface area (Å²) in [7, 11) is 0. The number of fused-ring (bicyclic) bond motifs is 3. The number of hydrogen-bond acceptors (Lipinski definition) is 3. The molecule has 4 rings (SSSR count). The third-order valence-corrected chi connectivity index (χ3v) is 3.92. The van der Waals surface area contributed by atoms with Crippen LogP contribution in [-0.2, 0) is 0 Å². The van der Waals surface area contributed by atoms with Crippen molar-refractivity contribution in [2.45, 2.75) is 31.7 Å². The van der Waals surface area contributed by atoms with Crippen molar-refractivity contribution in [1.82, 2.24) is 10.1 Å². The molecule has 0 radical (unpaired) electrons. The zero-order valence-electron chi connectivity index (χ0n) is 9.51. The van der Waals surface area contributed by atoms with Crippen molar-refractivity contribution in [2.75, 3.05) is 13.1 Å². The van der Waals surface area contributed by atoms with E-state index in [0.717, 1.165) is 24.1 Å². The molecule has 16 heavy (non-hydrogen) atoms. The van der Waals surface area contributed by atoms with Crippen LogP contribution in [0.2, 0.25) is 0 Å². The summed E-state index contributed by atoms with van der Waals surface area (Å²) in [5.41, 5.74) is 0. The van der Waals surface area contributed by atoms with E-state index in [4.69, 9.17) is 4.52 Å². The zero-order valence-corrected chi connectivity index (χ0v) is 9.51. The van der Waals surface area contributed by atoms with Gasteiger partial charge in [-0.3, -0.25) is 0 Å². The fourth-order valence-electron chi connectivity index (χ4n) is 2.99. The minimum absolute atomic E-state index is 0.770. The molecule has 4 heterocycles. The standard InChI is InChI=1S/C13H18N2O/c1(3-13-4-7-14-16-13)2-12-10-11-5-8-15(12)9-6-11/h1,3-4,7,11-12H,2,5-6,8-10H2. The fraction of sp³-hybridized carbons (Fsp3) is 0.615. The van der Waals surface area contributed by atoms with Crippen molar-refractivity contribution in [1.29, 1.82) is 0 Å². The van der Waals surface area contributed by atoms with Crippen molar-refractivity contribution in [3.63, 3.8) is 0 Å². The predicted molar refractivity (Wildman–Crippen MR) is 62.9 cm³/mol. The van der Waals surface area contributed by atoms with Gasteiger partial charge in [0.15, 0.2) is 5.76 Å². The lowest BCUT2D eigenvalue weighted by Crippen LogP contribution is -2.48. The lowest BCUT2D eigenvalue weighted by molar-refractivity contribution is 0.0513. The minimum Gasteiger partial charge on any atom is -0.357 e. The van der Waals surface area contributed by atoms with Gasteiger partial charge in [-0.25, -0.2) is 0 Å². The Morgan fingerprint density at radius 2 is 2.31 bits per heavy atom. The van der Waals surface area contributed by atoms with E-state index in [-0.39, 0.29) is 0 Å². The van der Waals surface area contributed by atoms with Crippen molar-refractivity contribution in [3.05, 3.63) is 24.1 Å². The Morgan fingerprint density at radius 1 is 1.44 bits per heavy atom. The highest BCUT2D eigenvalue weighted by Crippen LogP contribution is 2.33. The molecule has 3 aliphatic rings. The molecule has 2 bridgehead atoms. The van der Waals surface area contributed by atoms with Crippen LogP contribution in [0.4, 0.5) is 0 Å². The van der Waals surface area contributed by atoms with Crippen molar-refractivity contribution >= 4 is 6.08 Å². The molecule has 0 amide bonds. The zero-order chi connectivity index (χ0) is 10.8. The normalized spacial score (nSPS) is 33.6. The third-order valence-electron chi connectivity index (χ3n) is 3.92. The molecule has 0 saturated carbocycles. The van der Waals surface area contributed by atoms with Crippen molar-refractivity contribution < 1.29 is 4.52 Å². The highest BCUT2D eigenvalue weighted by molar-refractivity contribution is 5.41. The van der Waals surface area contributed by atoms with Gasteiger partial charge in [0.1, 0.15) is 0 Å². The van der Waals surface area contributed by atoms with E-state index < -0.39 is 0 Å². The Bertz CT molecular complexity index is 350. The van der Waals surface area contributed by atoms with Crippen LogP contribution in [0.5, 0.6) is 0 Å². The smallest absolute Gasteiger partial charge is 0.159 e. The topological polar surface area (TPSA) is 29.3 Å². The molecule has 3 nitrogen and oxygen atoms in total. The molecule has 3 heteroatoms. The molecule has 0 N–H and O–H groups in total. The highest BCUT2D eigenvalue weighted by Gasteiger charge is 2.32. The lowest BCUT2D eigenvalue weighted by Gasteiger charge is -2.45. The average Bonchev–Trinajstić information content (AvgIpc) is 2.84. The Hall–Kier alpha value is -1.09. The molecule has 1 atom stereocenters. The Balaban J connectivity index is 1.55. The number of aromatic nitrogens is 1. The molecule has 1 aromatic rings. The molecule has 86 valence electrons. The van der Waals surface area contributed by atoms with Crippen LogP contribution >= 0.6 is 0 Å². The van der Waals surface area contributed by atoms with Crippen LogP contribution in [-0.4, -0.2) is 29.2 Å². The van der Waals surface area contributed by atoms with E-state index >= 15 is 0 Å². The summed E-state index contributed by atoms with van der Waals surface area (Å²) in [5, 5.41) is 3.69. The van der Waals surface area contributed by atoms with Crippen LogP contribution in [0, 0.1) is 5.92 Å². The SMILES string of the molecule is C(=Cc1ccno1)CC1CC2CCN1CC2. The summed E-state index contributed by atoms with van der Waals surface area (Å²) in [6.45, 7) is 2.62. The van der Waals surface area contributed by atoms with Crippen molar-refractivity contribution in [3.8, 4) is 0 Å². The second kappa shape index (κ2) is 4.42. The molecule has 3 fully saturated rings. The summed E-state index contributed by atoms with van der Waals surface area (Å²) in [5.74, 6) is 1.85. The number of hydrogen-bond donors (Lipinski definition) is 0. The summed E-state index contributed by atoms with van der Waals surface area (Å²) >= 11 is 0. The van der Waals surface area contributed by atoms with Crippen LogP contribution in [0.1, 0.15) is 31.4 Å². The van der Waals surface area contributed by atoms with Crippen LogP contribution < -0.4 is 0 Å². The molecule has 3 saturated heterocycles. The number of piperidine rings is 3. The average molecular weight is 218 g/mol. The molecule has 1 unspecified atom stereocenters. The maximum atomic E-state index is 5.03. The Kier molecular flexibility index (Phi) is 2.79. The molecule has 0 aromatic carbocycles. The molecular weight excluding hydrogens is 200 g/mol. The van der Waals surface area contributed by atoms with Gasteiger partial charge in [-0.05, 0) is 50.8 Å². The second-order valence-electron chi connectivity index (χ2n) is 4.92. The Labute approximate surface area is 96.1 Å². The van der Waals surface area contributed by atoms with E-state index in [1.165, 1.54) is 32.4 Å². The first-order valence-corrected chi connectivity index (χ1v) is 6.23. The van der Waals surface area contributed by atoms with E-state index in [2.05, 4.69) is 16.1 Å². The number of nitrogens with zero attached hydrogens (tertiary/aromatic N) is 2. The summed E-state index contributed by atoms with van der Waals surface area (Å²) in [6.07, 6.45) is 11.3. The molecule has 1 aromatic heterocycles. The van der Waals surface area contributed by atoms with E-state index in [0.29, 0.717) is 0 Å². The van der Waals surface area contributed by atoms with Gasteiger partial charge in [-0.15, -0.1) is 0 Å². The fourth-order valence-corrected chi connectivity index (χ4v) is 2.99. The van der Waals surface area contributed by atoms with Gasteiger partial charge in [0.25, 0.3) is 0 Å². The summed E-state index contributed by atoms with van der Waals surface area (Å²) in [4.78, 5) is 2.64. The first kappa shape index (κ1) is 10.1. The van der Waals surface area contributed by atoms with Gasteiger partial charge in [0.2, 0.25) is 0 Å².